The van der Waals surface area contributed by atoms with Gasteiger partial charge in [-0.1, -0.05) is 0 Å². The molecule has 0 spiro atoms. The second kappa shape index (κ2) is 7.33. The molecule has 0 radical (unpaired) electrons. The van der Waals surface area contributed by atoms with Gasteiger partial charge in [-0.25, -0.2) is 0 Å². The van der Waals surface area contributed by atoms with Gasteiger partial charge in [-0.3, -0.25) is 14.3 Å². The molecular formula is C13H21N3O3S. The molecule has 0 aliphatic rings. The van der Waals surface area contributed by atoms with E-state index in [0.29, 0.717) is 0 Å². The number of aromatic nitrogens is 2. The Hall–Kier alpha value is -1.50. The fourth-order valence-electron chi connectivity index (χ4n) is 2.02. The third-order valence-electron chi connectivity index (χ3n) is 3.04. The first kappa shape index (κ1) is 16.6. The zero-order valence-corrected chi connectivity index (χ0v) is 13.1. The summed E-state index contributed by atoms with van der Waals surface area (Å²) in [5.41, 5.74) is 3.23. The van der Waals surface area contributed by atoms with Crippen LogP contribution in [0.5, 0.6) is 0 Å². The van der Waals surface area contributed by atoms with E-state index >= 15 is 0 Å². The fourth-order valence-corrected chi connectivity index (χ4v) is 2.56. The lowest BCUT2D eigenvalue weighted by atomic mass is 10.1. The van der Waals surface area contributed by atoms with E-state index < -0.39 is 5.97 Å². The molecule has 0 saturated carbocycles. The van der Waals surface area contributed by atoms with Crippen LogP contribution in [0.2, 0.25) is 0 Å². The predicted molar refractivity (Wildman–Crippen MR) is 79.0 cm³/mol. The van der Waals surface area contributed by atoms with Gasteiger partial charge in [0.15, 0.2) is 0 Å². The summed E-state index contributed by atoms with van der Waals surface area (Å²) in [6, 6.07) is -0.00507. The van der Waals surface area contributed by atoms with E-state index in [0.717, 1.165) is 35.1 Å². The Kier molecular flexibility index (Phi) is 6.06. The molecule has 1 aromatic heterocycles. The molecule has 1 atom stereocenters. The van der Waals surface area contributed by atoms with Crippen molar-refractivity contribution in [1.82, 2.24) is 15.1 Å². The summed E-state index contributed by atoms with van der Waals surface area (Å²) < 4.78 is 1.84. The number of nitrogens with one attached hydrogen (secondary N) is 1. The SMILES string of the molecule is Cc1nn(C)c(C)c1CC(C)NC(=O)CSCC(=O)O. The van der Waals surface area contributed by atoms with Gasteiger partial charge in [0.25, 0.3) is 0 Å². The molecule has 1 heterocycles. The van der Waals surface area contributed by atoms with Crippen molar-refractivity contribution >= 4 is 23.6 Å². The number of aliphatic carboxylic acids is 1. The summed E-state index contributed by atoms with van der Waals surface area (Å²) in [5.74, 6) is -0.926. The summed E-state index contributed by atoms with van der Waals surface area (Å²) in [7, 11) is 1.90. The van der Waals surface area contributed by atoms with E-state index in [1.165, 1.54) is 0 Å². The molecule has 0 aliphatic carbocycles. The van der Waals surface area contributed by atoms with Gasteiger partial charge in [-0.15, -0.1) is 11.8 Å². The molecule has 112 valence electrons. The van der Waals surface area contributed by atoms with Crippen molar-refractivity contribution in [3.63, 3.8) is 0 Å². The summed E-state index contributed by atoms with van der Waals surface area (Å²) in [6.07, 6.45) is 0.723. The second-order valence-electron chi connectivity index (χ2n) is 4.83. The summed E-state index contributed by atoms with van der Waals surface area (Å²) in [5, 5.41) is 15.7. The number of nitrogens with zero attached hydrogens (tertiary/aromatic N) is 2. The Labute approximate surface area is 122 Å². The highest BCUT2D eigenvalue weighted by Gasteiger charge is 2.14. The lowest BCUT2D eigenvalue weighted by Gasteiger charge is -2.14. The average molecular weight is 299 g/mol. The number of amides is 1. The van der Waals surface area contributed by atoms with Gasteiger partial charge in [-0.2, -0.15) is 5.10 Å². The van der Waals surface area contributed by atoms with Crippen LogP contribution in [0.25, 0.3) is 0 Å². The standard InChI is InChI=1S/C13H21N3O3S/c1-8(14-12(17)6-20-7-13(18)19)5-11-9(2)15-16(4)10(11)3/h8H,5-7H2,1-4H3,(H,14,17)(H,18,19). The molecule has 0 aromatic carbocycles. The minimum Gasteiger partial charge on any atom is -0.481 e. The minimum atomic E-state index is -0.905. The highest BCUT2D eigenvalue weighted by atomic mass is 32.2. The molecule has 20 heavy (non-hydrogen) atoms. The maximum Gasteiger partial charge on any atom is 0.313 e. The second-order valence-corrected chi connectivity index (χ2v) is 5.82. The number of carboxylic acid groups (broad SMARTS) is 1. The lowest BCUT2D eigenvalue weighted by molar-refractivity contribution is -0.133. The van der Waals surface area contributed by atoms with Gasteiger partial charge in [0.1, 0.15) is 0 Å². The Morgan fingerprint density at radius 1 is 1.40 bits per heavy atom. The van der Waals surface area contributed by atoms with Gasteiger partial charge >= 0.3 is 5.97 Å². The highest BCUT2D eigenvalue weighted by Crippen LogP contribution is 2.14. The average Bonchev–Trinajstić information content (AvgIpc) is 2.55. The zero-order chi connectivity index (χ0) is 15.3. The molecule has 0 aliphatic heterocycles. The van der Waals surface area contributed by atoms with E-state index in [-0.39, 0.29) is 23.5 Å². The lowest BCUT2D eigenvalue weighted by Crippen LogP contribution is -2.35. The van der Waals surface area contributed by atoms with Crippen LogP contribution >= 0.6 is 11.8 Å². The van der Waals surface area contributed by atoms with E-state index in [1.807, 2.05) is 32.5 Å². The van der Waals surface area contributed by atoms with Crippen molar-refractivity contribution in [3.8, 4) is 0 Å². The van der Waals surface area contributed by atoms with E-state index in [9.17, 15) is 9.59 Å². The molecule has 1 unspecified atom stereocenters. The molecule has 2 N–H and O–H groups in total. The quantitative estimate of drug-likeness (QED) is 0.781. The number of rotatable bonds is 7. The van der Waals surface area contributed by atoms with Gasteiger partial charge in [0.2, 0.25) is 5.91 Å². The molecule has 7 heteroatoms. The third-order valence-corrected chi connectivity index (χ3v) is 3.95. The number of hydrogen-bond donors (Lipinski definition) is 2. The normalized spacial score (nSPS) is 12.2. The first-order valence-corrected chi connectivity index (χ1v) is 7.54. The van der Waals surface area contributed by atoms with Crippen molar-refractivity contribution in [2.75, 3.05) is 11.5 Å². The Morgan fingerprint density at radius 2 is 2.05 bits per heavy atom. The van der Waals surface area contributed by atoms with Crippen LogP contribution in [0, 0.1) is 13.8 Å². The van der Waals surface area contributed by atoms with Crippen molar-refractivity contribution in [1.29, 1.82) is 0 Å². The smallest absolute Gasteiger partial charge is 0.313 e. The summed E-state index contributed by atoms with van der Waals surface area (Å²) in [4.78, 5) is 22.0. The van der Waals surface area contributed by atoms with Crippen LogP contribution in [0.3, 0.4) is 0 Å². The number of carbonyl (C=O) groups is 2. The van der Waals surface area contributed by atoms with Crippen LogP contribution in [0.4, 0.5) is 0 Å². The predicted octanol–water partition coefficient (Wildman–Crippen LogP) is 0.902. The summed E-state index contributed by atoms with van der Waals surface area (Å²) in [6.45, 7) is 5.90. The first-order valence-electron chi connectivity index (χ1n) is 6.39. The van der Waals surface area contributed by atoms with Crippen LogP contribution in [0.1, 0.15) is 23.9 Å². The van der Waals surface area contributed by atoms with Crippen molar-refractivity contribution in [2.24, 2.45) is 7.05 Å². The number of thioether (sulfide) groups is 1. The van der Waals surface area contributed by atoms with E-state index in [1.54, 1.807) is 0 Å². The van der Waals surface area contributed by atoms with Crippen LogP contribution in [-0.4, -0.2) is 44.3 Å². The van der Waals surface area contributed by atoms with Gasteiger partial charge in [-0.05, 0) is 32.8 Å². The molecule has 6 nitrogen and oxygen atoms in total. The summed E-state index contributed by atoms with van der Waals surface area (Å²) >= 11 is 1.10. The minimum absolute atomic E-state index is 0.00507. The van der Waals surface area contributed by atoms with Crippen molar-refractivity contribution in [2.45, 2.75) is 33.2 Å². The number of carboxylic acids is 1. The first-order chi connectivity index (χ1) is 9.31. The largest absolute Gasteiger partial charge is 0.481 e. The number of hydrogen-bond acceptors (Lipinski definition) is 4. The molecule has 1 amide bonds. The van der Waals surface area contributed by atoms with E-state index in [4.69, 9.17) is 5.11 Å². The Balaban J connectivity index is 2.45. The highest BCUT2D eigenvalue weighted by molar-refractivity contribution is 8.00. The number of carbonyl (C=O) groups excluding carboxylic acids is 1. The Morgan fingerprint density at radius 3 is 2.55 bits per heavy atom. The topological polar surface area (TPSA) is 84.2 Å². The third kappa shape index (κ3) is 4.88. The van der Waals surface area contributed by atoms with Gasteiger partial charge in [0.05, 0.1) is 17.2 Å². The molecule has 0 fully saturated rings. The van der Waals surface area contributed by atoms with Crippen LogP contribution in [0.15, 0.2) is 0 Å². The Bertz CT molecular complexity index is 499. The maximum atomic E-state index is 11.7. The molecular weight excluding hydrogens is 278 g/mol. The maximum absolute atomic E-state index is 11.7. The van der Waals surface area contributed by atoms with Gasteiger partial charge < -0.3 is 10.4 Å². The molecule has 1 rings (SSSR count). The molecule has 0 bridgehead atoms. The molecule has 0 saturated heterocycles. The number of aryl methyl sites for hydroxylation is 2. The van der Waals surface area contributed by atoms with Crippen molar-refractivity contribution in [3.05, 3.63) is 17.0 Å². The fraction of sp³-hybridized carbons (Fsp3) is 0.615. The van der Waals surface area contributed by atoms with E-state index in [2.05, 4.69) is 10.4 Å². The van der Waals surface area contributed by atoms with Crippen LogP contribution < -0.4 is 5.32 Å². The van der Waals surface area contributed by atoms with Gasteiger partial charge in [0, 0.05) is 18.8 Å². The zero-order valence-electron chi connectivity index (χ0n) is 12.3. The molecule has 1 aromatic rings. The monoisotopic (exact) mass is 299 g/mol. The van der Waals surface area contributed by atoms with Crippen molar-refractivity contribution < 1.29 is 14.7 Å². The van der Waals surface area contributed by atoms with Crippen LogP contribution in [-0.2, 0) is 23.1 Å².